The van der Waals surface area contributed by atoms with Crippen LogP contribution in [0.15, 0.2) is 49.1 Å². The maximum absolute atomic E-state index is 5.90. The minimum Gasteiger partial charge on any atom is -0.437 e. The van der Waals surface area contributed by atoms with E-state index in [2.05, 4.69) is 24.8 Å². The average Bonchev–Trinajstić information content (AvgIpc) is 3.30. The molecule has 1 N–H and O–H groups in total. The molecule has 25 heavy (non-hydrogen) atoms. The third-order valence-corrected chi connectivity index (χ3v) is 4.53. The van der Waals surface area contributed by atoms with Gasteiger partial charge in [0, 0.05) is 17.4 Å². The zero-order valence-electron chi connectivity index (χ0n) is 13.6. The average molecular weight is 356 g/mol. The van der Waals surface area contributed by atoms with Gasteiger partial charge in [-0.25, -0.2) is 9.97 Å². The summed E-state index contributed by atoms with van der Waals surface area (Å²) in [5.41, 5.74) is 0.926. The lowest BCUT2D eigenvalue weighted by Crippen LogP contribution is -2.24. The van der Waals surface area contributed by atoms with Crippen molar-refractivity contribution in [3.05, 3.63) is 65.6 Å². The van der Waals surface area contributed by atoms with Gasteiger partial charge >= 0.3 is 0 Å². The van der Waals surface area contributed by atoms with Crippen molar-refractivity contribution < 1.29 is 4.74 Å². The van der Waals surface area contributed by atoms with Gasteiger partial charge in [0.15, 0.2) is 0 Å². The smallest absolute Gasteiger partial charge is 0.238 e. The van der Waals surface area contributed by atoms with Crippen LogP contribution in [-0.4, -0.2) is 31.4 Å². The fourth-order valence-corrected chi connectivity index (χ4v) is 3.25. The number of rotatable bonds is 5. The standard InChI is InChI=1S/C18H18ClN5O/c19-13-3-5-14(6-4-13)25-18-11-20-10-15(23-18)16-2-1-9-24(16)12-17-21-7-8-22-17/h3-8,10-11,16H,1-2,9,12H2,(H,21,22)/t16-/m1/s1. The highest BCUT2D eigenvalue weighted by Crippen LogP contribution is 2.32. The SMILES string of the molecule is Clc1ccc(Oc2cncc([C@H]3CCCN3Cc3ncc[nH]3)n2)cc1. The molecule has 2 aromatic heterocycles. The molecule has 0 bridgehead atoms. The monoisotopic (exact) mass is 355 g/mol. The van der Waals surface area contributed by atoms with Crippen LogP contribution in [0.1, 0.15) is 30.4 Å². The second-order valence-electron chi connectivity index (χ2n) is 6.00. The van der Waals surface area contributed by atoms with Gasteiger partial charge in [0.25, 0.3) is 0 Å². The summed E-state index contributed by atoms with van der Waals surface area (Å²) in [6.45, 7) is 1.80. The van der Waals surface area contributed by atoms with Crippen molar-refractivity contribution in [2.24, 2.45) is 0 Å². The van der Waals surface area contributed by atoms with E-state index in [0.29, 0.717) is 16.7 Å². The molecule has 0 unspecified atom stereocenters. The van der Waals surface area contributed by atoms with Gasteiger partial charge in [-0.15, -0.1) is 0 Å². The molecule has 0 amide bonds. The zero-order valence-corrected chi connectivity index (χ0v) is 14.4. The predicted octanol–water partition coefficient (Wildman–Crippen LogP) is 3.98. The first-order valence-corrected chi connectivity index (χ1v) is 8.63. The second-order valence-corrected chi connectivity index (χ2v) is 6.44. The number of H-pyrrole nitrogens is 1. The van der Waals surface area contributed by atoms with Crippen molar-refractivity contribution in [3.8, 4) is 11.6 Å². The Kier molecular flexibility index (Phi) is 4.63. The number of aromatic nitrogens is 4. The van der Waals surface area contributed by atoms with Crippen molar-refractivity contribution in [2.75, 3.05) is 6.54 Å². The number of imidazole rings is 1. The molecule has 1 aliphatic rings. The number of nitrogens with one attached hydrogen (secondary N) is 1. The van der Waals surface area contributed by atoms with E-state index in [4.69, 9.17) is 16.3 Å². The van der Waals surface area contributed by atoms with Crippen molar-refractivity contribution in [2.45, 2.75) is 25.4 Å². The highest BCUT2D eigenvalue weighted by Gasteiger charge is 2.28. The molecule has 1 aliphatic heterocycles. The Labute approximate surface area is 150 Å². The van der Waals surface area contributed by atoms with E-state index in [-0.39, 0.29) is 6.04 Å². The summed E-state index contributed by atoms with van der Waals surface area (Å²) < 4.78 is 5.81. The number of halogens is 1. The van der Waals surface area contributed by atoms with E-state index < -0.39 is 0 Å². The lowest BCUT2D eigenvalue weighted by molar-refractivity contribution is 0.237. The molecule has 1 atom stereocenters. The highest BCUT2D eigenvalue weighted by molar-refractivity contribution is 6.30. The Hall–Kier alpha value is -2.44. The van der Waals surface area contributed by atoms with Crippen molar-refractivity contribution in [1.29, 1.82) is 0 Å². The van der Waals surface area contributed by atoms with Crippen LogP contribution >= 0.6 is 11.6 Å². The number of benzene rings is 1. The number of nitrogens with zero attached hydrogens (tertiary/aromatic N) is 4. The molecule has 0 saturated carbocycles. The quantitative estimate of drug-likeness (QED) is 0.749. The first-order valence-electron chi connectivity index (χ1n) is 8.25. The van der Waals surface area contributed by atoms with Crippen LogP contribution in [0.3, 0.4) is 0 Å². The van der Waals surface area contributed by atoms with Crippen LogP contribution in [0.25, 0.3) is 0 Å². The summed E-state index contributed by atoms with van der Waals surface area (Å²) in [6, 6.07) is 7.43. The number of ether oxygens (including phenoxy) is 1. The van der Waals surface area contributed by atoms with E-state index >= 15 is 0 Å². The Bertz CT molecular complexity index is 822. The number of hydrogen-bond acceptors (Lipinski definition) is 5. The molecule has 128 valence electrons. The zero-order chi connectivity index (χ0) is 17.1. The number of likely N-dealkylation sites (tertiary alicyclic amines) is 1. The van der Waals surface area contributed by atoms with Gasteiger partial charge in [0.05, 0.1) is 30.7 Å². The van der Waals surface area contributed by atoms with E-state index in [0.717, 1.165) is 37.4 Å². The first kappa shape index (κ1) is 16.1. The predicted molar refractivity (Wildman–Crippen MR) is 94.5 cm³/mol. The van der Waals surface area contributed by atoms with Crippen LogP contribution in [0.4, 0.5) is 0 Å². The lowest BCUT2D eigenvalue weighted by Gasteiger charge is -2.22. The van der Waals surface area contributed by atoms with Gasteiger partial charge in [0.1, 0.15) is 11.6 Å². The van der Waals surface area contributed by atoms with Gasteiger partial charge in [-0.1, -0.05) is 11.6 Å². The fourth-order valence-electron chi connectivity index (χ4n) is 3.12. The highest BCUT2D eigenvalue weighted by atomic mass is 35.5. The van der Waals surface area contributed by atoms with Crippen LogP contribution in [-0.2, 0) is 6.54 Å². The molecule has 7 heteroatoms. The van der Waals surface area contributed by atoms with Gasteiger partial charge in [-0.2, -0.15) is 0 Å². The Morgan fingerprint density at radius 2 is 2.12 bits per heavy atom. The van der Waals surface area contributed by atoms with Crippen LogP contribution in [0.2, 0.25) is 5.02 Å². The summed E-state index contributed by atoms with van der Waals surface area (Å²) in [4.78, 5) is 18.8. The maximum atomic E-state index is 5.90. The third kappa shape index (κ3) is 3.81. The van der Waals surface area contributed by atoms with Gasteiger partial charge in [-0.05, 0) is 43.7 Å². The van der Waals surface area contributed by atoms with Gasteiger partial charge in [-0.3, -0.25) is 9.88 Å². The van der Waals surface area contributed by atoms with Crippen molar-refractivity contribution >= 4 is 11.6 Å². The maximum Gasteiger partial charge on any atom is 0.238 e. The Balaban J connectivity index is 1.51. The molecular weight excluding hydrogens is 338 g/mol. The fraction of sp³-hybridized carbons (Fsp3) is 0.278. The Morgan fingerprint density at radius 3 is 2.92 bits per heavy atom. The molecule has 3 heterocycles. The third-order valence-electron chi connectivity index (χ3n) is 4.28. The molecule has 3 aromatic rings. The van der Waals surface area contributed by atoms with Gasteiger partial charge in [0.2, 0.25) is 5.88 Å². The van der Waals surface area contributed by atoms with Crippen molar-refractivity contribution in [3.63, 3.8) is 0 Å². The van der Waals surface area contributed by atoms with E-state index in [1.165, 1.54) is 0 Å². The minimum absolute atomic E-state index is 0.228. The van der Waals surface area contributed by atoms with E-state index in [1.807, 2.05) is 24.5 Å². The molecular formula is C18H18ClN5O. The number of hydrogen-bond donors (Lipinski definition) is 1. The van der Waals surface area contributed by atoms with Crippen LogP contribution in [0.5, 0.6) is 11.6 Å². The van der Waals surface area contributed by atoms with Crippen LogP contribution in [0, 0.1) is 0 Å². The summed E-state index contributed by atoms with van der Waals surface area (Å²) in [6.07, 6.45) is 9.26. The van der Waals surface area contributed by atoms with Gasteiger partial charge < -0.3 is 9.72 Å². The van der Waals surface area contributed by atoms with Crippen LogP contribution < -0.4 is 4.74 Å². The van der Waals surface area contributed by atoms with Crippen molar-refractivity contribution in [1.82, 2.24) is 24.8 Å². The largest absolute Gasteiger partial charge is 0.437 e. The molecule has 0 radical (unpaired) electrons. The number of aromatic amines is 1. The minimum atomic E-state index is 0.228. The first-order chi connectivity index (χ1) is 12.3. The lowest BCUT2D eigenvalue weighted by atomic mass is 10.1. The molecule has 1 aromatic carbocycles. The molecule has 4 rings (SSSR count). The molecule has 6 nitrogen and oxygen atoms in total. The Morgan fingerprint density at radius 1 is 1.24 bits per heavy atom. The molecule has 0 aliphatic carbocycles. The summed E-state index contributed by atoms with van der Waals surface area (Å²) in [7, 11) is 0. The molecule has 1 fully saturated rings. The normalized spacial score (nSPS) is 17.7. The second kappa shape index (κ2) is 7.21. The molecule has 0 spiro atoms. The van der Waals surface area contributed by atoms with E-state index in [9.17, 15) is 0 Å². The summed E-state index contributed by atoms with van der Waals surface area (Å²) in [5, 5.41) is 0.673. The molecule has 1 saturated heterocycles. The summed E-state index contributed by atoms with van der Waals surface area (Å²) >= 11 is 5.90. The summed E-state index contributed by atoms with van der Waals surface area (Å²) in [5.74, 6) is 2.15. The topological polar surface area (TPSA) is 66.9 Å². The van der Waals surface area contributed by atoms with E-state index in [1.54, 1.807) is 24.5 Å².